The van der Waals surface area contributed by atoms with Crippen LogP contribution in [0.25, 0.3) is 0 Å². The Kier molecular flexibility index (Phi) is 5.09. The number of carbonyl (C=O) groups excluding carboxylic acids is 1. The molecule has 0 saturated heterocycles. The molecule has 124 valence electrons. The van der Waals surface area contributed by atoms with Crippen molar-refractivity contribution in [3.05, 3.63) is 17.5 Å². The van der Waals surface area contributed by atoms with Gasteiger partial charge in [0.2, 0.25) is 0 Å². The fourth-order valence-electron chi connectivity index (χ4n) is 1.51. The molecule has 1 aromatic rings. The van der Waals surface area contributed by atoms with E-state index in [2.05, 4.69) is 19.2 Å². The van der Waals surface area contributed by atoms with Crippen LogP contribution in [0.1, 0.15) is 11.3 Å². The minimum atomic E-state index is -5.29. The van der Waals surface area contributed by atoms with Crippen LogP contribution in [0.2, 0.25) is 0 Å². The smallest absolute Gasteiger partial charge is 0.491 e. The Hall–Kier alpha value is -2.20. The average molecular weight is 333 g/mol. The lowest BCUT2D eigenvalue weighted by atomic mass is 10.1. The summed E-state index contributed by atoms with van der Waals surface area (Å²) in [6.07, 6.45) is -11.1. The molecule has 1 rings (SSSR count). The number of hydrogen-bond acceptors (Lipinski definition) is 5. The minimum Gasteiger partial charge on any atom is -0.491 e. The van der Waals surface area contributed by atoms with E-state index in [-0.39, 0.29) is 0 Å². The van der Waals surface area contributed by atoms with Crippen molar-refractivity contribution in [1.29, 1.82) is 0 Å². The SMILES string of the molecule is COC(=O)Cc1c(C(F)(F)F)ncc(OC)c1OC(F)(F)F. The zero-order chi connectivity index (χ0) is 17.1. The van der Waals surface area contributed by atoms with Crippen molar-refractivity contribution in [3.63, 3.8) is 0 Å². The molecule has 11 heteroatoms. The molecule has 0 saturated carbocycles. The van der Waals surface area contributed by atoms with Gasteiger partial charge in [0.25, 0.3) is 0 Å². The van der Waals surface area contributed by atoms with Gasteiger partial charge in [-0.25, -0.2) is 4.98 Å². The van der Waals surface area contributed by atoms with Gasteiger partial charge in [-0.2, -0.15) is 13.2 Å². The molecule has 0 amide bonds. The zero-order valence-electron chi connectivity index (χ0n) is 11.1. The third kappa shape index (κ3) is 4.40. The van der Waals surface area contributed by atoms with Gasteiger partial charge in [0.15, 0.2) is 17.2 Å². The van der Waals surface area contributed by atoms with E-state index in [1.807, 2.05) is 0 Å². The van der Waals surface area contributed by atoms with Gasteiger partial charge in [0.1, 0.15) is 0 Å². The van der Waals surface area contributed by atoms with Crippen molar-refractivity contribution in [3.8, 4) is 11.5 Å². The maximum atomic E-state index is 12.9. The van der Waals surface area contributed by atoms with Crippen LogP contribution in [0.5, 0.6) is 11.5 Å². The second kappa shape index (κ2) is 6.28. The molecule has 0 aliphatic heterocycles. The highest BCUT2D eigenvalue weighted by molar-refractivity contribution is 5.74. The second-order valence-electron chi connectivity index (χ2n) is 3.78. The topological polar surface area (TPSA) is 57.7 Å². The predicted octanol–water partition coefficient (Wildman–Crippen LogP) is 2.72. The lowest BCUT2D eigenvalue weighted by Crippen LogP contribution is -2.22. The highest BCUT2D eigenvalue weighted by Crippen LogP contribution is 2.41. The Balaban J connectivity index is 3.55. The van der Waals surface area contributed by atoms with E-state index in [1.165, 1.54) is 0 Å². The highest BCUT2D eigenvalue weighted by atomic mass is 19.4. The molecule has 0 unspecified atom stereocenters. The van der Waals surface area contributed by atoms with Crippen LogP contribution in [0.4, 0.5) is 26.3 Å². The first kappa shape index (κ1) is 17.9. The molecular formula is C11H9F6NO4. The molecule has 1 aromatic heterocycles. The summed E-state index contributed by atoms with van der Waals surface area (Å²) in [5.41, 5.74) is -2.83. The van der Waals surface area contributed by atoms with Crippen molar-refractivity contribution in [2.75, 3.05) is 14.2 Å². The fourth-order valence-corrected chi connectivity index (χ4v) is 1.51. The first-order valence-corrected chi connectivity index (χ1v) is 5.45. The third-order valence-corrected chi connectivity index (χ3v) is 2.35. The van der Waals surface area contributed by atoms with E-state index in [9.17, 15) is 31.1 Å². The first-order valence-electron chi connectivity index (χ1n) is 5.45. The van der Waals surface area contributed by atoms with Gasteiger partial charge in [-0.05, 0) is 0 Å². The van der Waals surface area contributed by atoms with Crippen LogP contribution in [0.15, 0.2) is 6.20 Å². The number of carbonyl (C=O) groups is 1. The maximum absolute atomic E-state index is 12.9. The Morgan fingerprint density at radius 3 is 2.18 bits per heavy atom. The highest BCUT2D eigenvalue weighted by Gasteiger charge is 2.41. The maximum Gasteiger partial charge on any atom is 0.573 e. The Morgan fingerprint density at radius 1 is 1.18 bits per heavy atom. The largest absolute Gasteiger partial charge is 0.573 e. The summed E-state index contributed by atoms with van der Waals surface area (Å²) >= 11 is 0. The number of halogens is 6. The average Bonchev–Trinajstić information content (AvgIpc) is 2.37. The lowest BCUT2D eigenvalue weighted by molar-refractivity contribution is -0.275. The number of methoxy groups -OCH3 is 2. The Morgan fingerprint density at radius 2 is 1.77 bits per heavy atom. The number of nitrogens with zero attached hydrogens (tertiary/aromatic N) is 1. The Bertz CT molecular complexity index is 555. The van der Waals surface area contributed by atoms with E-state index < -0.39 is 47.7 Å². The molecule has 1 heterocycles. The molecule has 0 aliphatic carbocycles. The van der Waals surface area contributed by atoms with Crippen LogP contribution >= 0.6 is 0 Å². The number of aromatic nitrogens is 1. The number of esters is 1. The molecule has 0 atom stereocenters. The van der Waals surface area contributed by atoms with Gasteiger partial charge in [-0.3, -0.25) is 4.79 Å². The molecule has 0 bridgehead atoms. The number of hydrogen-bond donors (Lipinski definition) is 0. The van der Waals surface area contributed by atoms with Crippen molar-refractivity contribution in [2.45, 2.75) is 19.0 Å². The molecule has 0 aromatic carbocycles. The van der Waals surface area contributed by atoms with E-state index in [1.54, 1.807) is 0 Å². The van der Waals surface area contributed by atoms with Crippen LogP contribution in [-0.2, 0) is 22.1 Å². The first-order chi connectivity index (χ1) is 9.99. The van der Waals surface area contributed by atoms with E-state index in [4.69, 9.17) is 0 Å². The summed E-state index contributed by atoms with van der Waals surface area (Å²) in [6.45, 7) is 0. The lowest BCUT2D eigenvalue weighted by Gasteiger charge is -2.19. The quantitative estimate of drug-likeness (QED) is 0.626. The molecule has 0 radical (unpaired) electrons. The van der Waals surface area contributed by atoms with Crippen LogP contribution in [0.3, 0.4) is 0 Å². The van der Waals surface area contributed by atoms with Gasteiger partial charge in [-0.15, -0.1) is 13.2 Å². The zero-order valence-corrected chi connectivity index (χ0v) is 11.1. The molecule has 0 spiro atoms. The third-order valence-electron chi connectivity index (χ3n) is 2.35. The summed E-state index contributed by atoms with van der Waals surface area (Å²) in [6, 6.07) is 0. The Labute approximate surface area is 119 Å². The molecular weight excluding hydrogens is 324 g/mol. The minimum absolute atomic E-state index is 0.421. The standard InChI is InChI=1S/C11H9F6NO4/c1-20-6-4-18-9(10(12,13)14)5(3-7(19)21-2)8(6)22-11(15,16)17/h4H,3H2,1-2H3. The van der Waals surface area contributed by atoms with Gasteiger partial charge in [0, 0.05) is 5.56 Å². The van der Waals surface area contributed by atoms with Crippen molar-refractivity contribution < 1.29 is 45.3 Å². The van der Waals surface area contributed by atoms with Gasteiger partial charge in [-0.1, -0.05) is 0 Å². The van der Waals surface area contributed by atoms with E-state index >= 15 is 0 Å². The van der Waals surface area contributed by atoms with Gasteiger partial charge in [0.05, 0.1) is 26.8 Å². The number of ether oxygens (including phenoxy) is 3. The second-order valence-corrected chi connectivity index (χ2v) is 3.78. The summed E-state index contributed by atoms with van der Waals surface area (Å²) in [4.78, 5) is 14.2. The van der Waals surface area contributed by atoms with E-state index in [0.717, 1.165) is 14.2 Å². The number of rotatable bonds is 4. The van der Waals surface area contributed by atoms with Crippen LogP contribution in [-0.4, -0.2) is 31.5 Å². The van der Waals surface area contributed by atoms with Crippen LogP contribution < -0.4 is 9.47 Å². The number of pyridine rings is 1. The molecule has 5 nitrogen and oxygen atoms in total. The summed E-state index contributed by atoms with van der Waals surface area (Å²) in [5.74, 6) is -3.19. The normalized spacial score (nSPS) is 12.0. The molecule has 22 heavy (non-hydrogen) atoms. The molecule has 0 aliphatic rings. The van der Waals surface area contributed by atoms with Crippen molar-refractivity contribution >= 4 is 5.97 Å². The number of alkyl halides is 6. The van der Waals surface area contributed by atoms with Crippen LogP contribution in [0, 0.1) is 0 Å². The van der Waals surface area contributed by atoms with Gasteiger partial charge >= 0.3 is 18.5 Å². The molecule has 0 N–H and O–H groups in total. The summed E-state index contributed by atoms with van der Waals surface area (Å²) in [5, 5.41) is 0. The van der Waals surface area contributed by atoms with Gasteiger partial charge < -0.3 is 14.2 Å². The van der Waals surface area contributed by atoms with Crippen molar-refractivity contribution in [2.24, 2.45) is 0 Å². The predicted molar refractivity (Wildman–Crippen MR) is 58.2 cm³/mol. The fraction of sp³-hybridized carbons (Fsp3) is 0.455. The van der Waals surface area contributed by atoms with Crippen molar-refractivity contribution in [1.82, 2.24) is 4.98 Å². The molecule has 0 fully saturated rings. The summed E-state index contributed by atoms with van der Waals surface area (Å²) in [7, 11) is 1.78. The van der Waals surface area contributed by atoms with E-state index in [0.29, 0.717) is 6.20 Å². The summed E-state index contributed by atoms with van der Waals surface area (Å²) < 4.78 is 88.0. The monoisotopic (exact) mass is 333 g/mol.